The first-order valence-corrected chi connectivity index (χ1v) is 9.03. The van der Waals surface area contributed by atoms with E-state index in [0.29, 0.717) is 16.1 Å². The Morgan fingerprint density at radius 3 is 2.17 bits per heavy atom. The average Bonchev–Trinajstić information content (AvgIpc) is 2.44. The van der Waals surface area contributed by atoms with Crippen molar-refractivity contribution in [3.8, 4) is 11.1 Å². The van der Waals surface area contributed by atoms with E-state index in [4.69, 9.17) is 11.6 Å². The third-order valence-electron chi connectivity index (χ3n) is 3.13. The van der Waals surface area contributed by atoms with Crippen LogP contribution < -0.4 is 4.72 Å². The molecular formula is C17H18ClNO4S. The summed E-state index contributed by atoms with van der Waals surface area (Å²) in [6, 6.07) is 10.5. The molecule has 24 heavy (non-hydrogen) atoms. The van der Waals surface area contributed by atoms with Crippen LogP contribution in [0.5, 0.6) is 0 Å². The average molecular weight is 368 g/mol. The maximum Gasteiger partial charge on any atom is 0.336 e. The molecule has 0 bridgehead atoms. The Balaban J connectivity index is 2.44. The van der Waals surface area contributed by atoms with Gasteiger partial charge in [-0.3, -0.25) is 0 Å². The van der Waals surface area contributed by atoms with Gasteiger partial charge < -0.3 is 5.11 Å². The highest BCUT2D eigenvalue weighted by atomic mass is 35.5. The summed E-state index contributed by atoms with van der Waals surface area (Å²) in [5, 5.41) is 9.68. The van der Waals surface area contributed by atoms with E-state index >= 15 is 0 Å². The second-order valence-electron chi connectivity index (χ2n) is 6.37. The molecule has 2 aromatic rings. The molecule has 0 atom stereocenters. The second kappa shape index (κ2) is 6.55. The number of carbonyl (C=O) groups is 1. The summed E-state index contributed by atoms with van der Waals surface area (Å²) in [5.74, 6) is -1.08. The van der Waals surface area contributed by atoms with Gasteiger partial charge in [0.05, 0.1) is 10.5 Å². The molecule has 2 aromatic carbocycles. The molecule has 0 heterocycles. The van der Waals surface area contributed by atoms with Gasteiger partial charge in [0.2, 0.25) is 10.0 Å². The van der Waals surface area contributed by atoms with Crippen LogP contribution in [0.4, 0.5) is 0 Å². The minimum Gasteiger partial charge on any atom is -0.478 e. The summed E-state index contributed by atoms with van der Waals surface area (Å²) in [4.78, 5) is 11.5. The lowest BCUT2D eigenvalue weighted by atomic mass is 10.00. The molecule has 0 aromatic heterocycles. The fraction of sp³-hybridized carbons (Fsp3) is 0.235. The Bertz CT molecular complexity index is 868. The highest BCUT2D eigenvalue weighted by Gasteiger charge is 2.22. The number of aromatic carboxylic acids is 1. The number of benzene rings is 2. The number of carboxylic acid groups (broad SMARTS) is 1. The number of hydrogen-bond acceptors (Lipinski definition) is 3. The normalized spacial score (nSPS) is 12.2. The van der Waals surface area contributed by atoms with Crippen molar-refractivity contribution in [2.75, 3.05) is 0 Å². The van der Waals surface area contributed by atoms with Crippen LogP contribution in [0, 0.1) is 0 Å². The summed E-state index contributed by atoms with van der Waals surface area (Å²) < 4.78 is 27.2. The van der Waals surface area contributed by atoms with Crippen molar-refractivity contribution in [2.24, 2.45) is 0 Å². The lowest BCUT2D eigenvalue weighted by Crippen LogP contribution is -2.40. The van der Waals surface area contributed by atoms with E-state index in [9.17, 15) is 18.3 Å². The monoisotopic (exact) mass is 367 g/mol. The maximum atomic E-state index is 12.3. The second-order valence-corrected chi connectivity index (χ2v) is 8.49. The van der Waals surface area contributed by atoms with Crippen LogP contribution in [0.15, 0.2) is 47.4 Å². The van der Waals surface area contributed by atoms with E-state index in [1.54, 1.807) is 39.0 Å². The SMILES string of the molecule is CC(C)(C)NS(=O)(=O)c1ccc(-c2cc(Cl)ccc2C(=O)O)cc1. The first kappa shape index (κ1) is 18.4. The van der Waals surface area contributed by atoms with Gasteiger partial charge in [0.1, 0.15) is 0 Å². The molecule has 0 unspecified atom stereocenters. The maximum absolute atomic E-state index is 12.3. The molecule has 0 fully saturated rings. The van der Waals surface area contributed by atoms with E-state index in [0.717, 1.165) is 0 Å². The van der Waals surface area contributed by atoms with Crippen LogP contribution in [0.2, 0.25) is 5.02 Å². The zero-order valence-electron chi connectivity index (χ0n) is 13.5. The van der Waals surface area contributed by atoms with Crippen LogP contribution in [-0.2, 0) is 10.0 Å². The van der Waals surface area contributed by atoms with E-state index in [1.807, 2.05) is 0 Å². The van der Waals surface area contributed by atoms with E-state index in [2.05, 4.69) is 4.72 Å². The minimum atomic E-state index is -3.64. The van der Waals surface area contributed by atoms with Crippen LogP contribution in [0.25, 0.3) is 11.1 Å². The van der Waals surface area contributed by atoms with Gasteiger partial charge >= 0.3 is 5.97 Å². The van der Waals surface area contributed by atoms with Crippen molar-refractivity contribution in [1.29, 1.82) is 0 Å². The van der Waals surface area contributed by atoms with Gasteiger partial charge in [-0.2, -0.15) is 0 Å². The molecular weight excluding hydrogens is 350 g/mol. The number of carboxylic acids is 1. The van der Waals surface area contributed by atoms with Gasteiger partial charge in [-0.1, -0.05) is 23.7 Å². The molecule has 0 aliphatic rings. The van der Waals surface area contributed by atoms with Crippen LogP contribution >= 0.6 is 11.6 Å². The Labute approximate surface area is 146 Å². The quantitative estimate of drug-likeness (QED) is 0.861. The molecule has 2 N–H and O–H groups in total. The lowest BCUT2D eigenvalue weighted by molar-refractivity contribution is 0.0697. The Morgan fingerprint density at radius 1 is 1.08 bits per heavy atom. The Hall–Kier alpha value is -1.89. The summed E-state index contributed by atoms with van der Waals surface area (Å²) in [5.41, 5.74) is 0.510. The highest BCUT2D eigenvalue weighted by molar-refractivity contribution is 7.89. The molecule has 0 aliphatic carbocycles. The number of rotatable bonds is 4. The zero-order valence-corrected chi connectivity index (χ0v) is 15.1. The summed E-state index contributed by atoms with van der Waals surface area (Å²) in [6.07, 6.45) is 0. The summed E-state index contributed by atoms with van der Waals surface area (Å²) >= 11 is 5.95. The Morgan fingerprint density at radius 2 is 1.67 bits per heavy atom. The van der Waals surface area contributed by atoms with Gasteiger partial charge in [-0.25, -0.2) is 17.9 Å². The van der Waals surface area contributed by atoms with Gasteiger partial charge in [0.15, 0.2) is 0 Å². The van der Waals surface area contributed by atoms with Crippen molar-refractivity contribution in [2.45, 2.75) is 31.2 Å². The fourth-order valence-electron chi connectivity index (χ4n) is 2.22. The number of halogens is 1. The highest BCUT2D eigenvalue weighted by Crippen LogP contribution is 2.28. The fourth-order valence-corrected chi connectivity index (χ4v) is 3.81. The van der Waals surface area contributed by atoms with Gasteiger partial charge in [-0.15, -0.1) is 0 Å². The standard InChI is InChI=1S/C17H18ClNO4S/c1-17(2,3)19-24(22,23)13-7-4-11(5-8-13)15-10-12(18)6-9-14(15)16(20)21/h4-10,19H,1-3H3,(H,20,21). The molecule has 2 rings (SSSR count). The van der Waals surface area contributed by atoms with E-state index < -0.39 is 21.5 Å². The smallest absolute Gasteiger partial charge is 0.336 e. The molecule has 0 aliphatic heterocycles. The molecule has 0 amide bonds. The number of nitrogens with one attached hydrogen (secondary N) is 1. The van der Waals surface area contributed by atoms with Crippen molar-refractivity contribution >= 4 is 27.6 Å². The predicted octanol–water partition coefficient (Wildman–Crippen LogP) is 3.78. The van der Waals surface area contributed by atoms with E-state index in [-0.39, 0.29) is 10.5 Å². The third-order valence-corrected chi connectivity index (χ3v) is 5.14. The summed E-state index contributed by atoms with van der Waals surface area (Å²) in [7, 11) is -3.64. The number of sulfonamides is 1. The molecule has 0 saturated carbocycles. The van der Waals surface area contributed by atoms with Crippen LogP contribution in [0.3, 0.4) is 0 Å². The third kappa shape index (κ3) is 4.35. The molecule has 7 heteroatoms. The predicted molar refractivity (Wildman–Crippen MR) is 93.9 cm³/mol. The van der Waals surface area contributed by atoms with Crippen molar-refractivity contribution in [1.82, 2.24) is 4.72 Å². The molecule has 0 spiro atoms. The minimum absolute atomic E-state index is 0.0998. The first-order valence-electron chi connectivity index (χ1n) is 7.17. The molecule has 0 radical (unpaired) electrons. The van der Waals surface area contributed by atoms with Gasteiger partial charge in [-0.05, 0) is 62.2 Å². The van der Waals surface area contributed by atoms with Crippen LogP contribution in [0.1, 0.15) is 31.1 Å². The topological polar surface area (TPSA) is 83.5 Å². The van der Waals surface area contributed by atoms with Gasteiger partial charge in [0, 0.05) is 10.6 Å². The van der Waals surface area contributed by atoms with E-state index in [1.165, 1.54) is 24.3 Å². The number of hydrogen-bond donors (Lipinski definition) is 2. The zero-order chi connectivity index (χ0) is 18.1. The van der Waals surface area contributed by atoms with Crippen molar-refractivity contribution < 1.29 is 18.3 Å². The molecule has 128 valence electrons. The first-order chi connectivity index (χ1) is 11.0. The molecule has 0 saturated heterocycles. The van der Waals surface area contributed by atoms with Crippen molar-refractivity contribution in [3.63, 3.8) is 0 Å². The van der Waals surface area contributed by atoms with Crippen molar-refractivity contribution in [3.05, 3.63) is 53.1 Å². The summed E-state index contributed by atoms with van der Waals surface area (Å²) in [6.45, 7) is 5.26. The lowest BCUT2D eigenvalue weighted by Gasteiger charge is -2.20. The van der Waals surface area contributed by atoms with Gasteiger partial charge in [0.25, 0.3) is 0 Å². The van der Waals surface area contributed by atoms with Crippen LogP contribution in [-0.4, -0.2) is 25.0 Å². The Kier molecular flexibility index (Phi) is 5.03. The largest absolute Gasteiger partial charge is 0.478 e. The molecule has 5 nitrogen and oxygen atoms in total.